The minimum atomic E-state index is -4.34. The maximum Gasteiger partial charge on any atom is 0.411 e. The van der Waals surface area contributed by atoms with Crippen LogP contribution in [0.3, 0.4) is 0 Å². The molecule has 1 N–H and O–H groups in total. The molecule has 1 atom stereocenters. The first-order valence-electron chi connectivity index (χ1n) is 6.05. The van der Waals surface area contributed by atoms with Crippen molar-refractivity contribution in [1.29, 1.82) is 0 Å². The summed E-state index contributed by atoms with van der Waals surface area (Å²) in [5, 5.41) is 3.08. The zero-order valence-corrected chi connectivity index (χ0v) is 10.6. The van der Waals surface area contributed by atoms with Gasteiger partial charge in [-0.1, -0.05) is 19.1 Å². The molecule has 0 bridgehead atoms. The van der Waals surface area contributed by atoms with E-state index in [4.69, 9.17) is 0 Å². The molecule has 0 amide bonds. The number of benzene rings is 1. The van der Waals surface area contributed by atoms with E-state index in [-0.39, 0.29) is 18.5 Å². The van der Waals surface area contributed by atoms with Crippen LogP contribution in [0.2, 0.25) is 0 Å². The summed E-state index contributed by atoms with van der Waals surface area (Å²) in [7, 11) is 0. The molecule has 0 spiro atoms. The van der Waals surface area contributed by atoms with Gasteiger partial charge in [0.1, 0.15) is 12.4 Å². The van der Waals surface area contributed by atoms with E-state index in [1.54, 1.807) is 12.1 Å². The summed E-state index contributed by atoms with van der Waals surface area (Å²) >= 11 is 0. The van der Waals surface area contributed by atoms with Crippen molar-refractivity contribution in [2.45, 2.75) is 25.6 Å². The van der Waals surface area contributed by atoms with E-state index in [1.165, 1.54) is 12.1 Å². The molecule has 1 aromatic carbocycles. The minimum Gasteiger partial charge on any atom is -0.370 e. The monoisotopic (exact) mass is 279 g/mol. The molecule has 0 aliphatic rings. The lowest BCUT2D eigenvalue weighted by Crippen LogP contribution is -2.28. The van der Waals surface area contributed by atoms with E-state index in [0.29, 0.717) is 12.1 Å². The van der Waals surface area contributed by atoms with Crippen molar-refractivity contribution in [3.63, 3.8) is 0 Å². The van der Waals surface area contributed by atoms with Crippen molar-refractivity contribution in [3.8, 4) is 0 Å². The van der Waals surface area contributed by atoms with E-state index >= 15 is 0 Å². The molecule has 0 radical (unpaired) electrons. The molecular weight excluding hydrogens is 262 g/mol. The molecule has 2 nitrogen and oxygen atoms in total. The normalized spacial score (nSPS) is 13.5. The Morgan fingerprint density at radius 2 is 1.84 bits per heavy atom. The van der Waals surface area contributed by atoms with Crippen LogP contribution in [0.1, 0.15) is 24.9 Å². The SMILES string of the molecule is CCCNC(COCC(F)(F)F)c1ccc(F)cc1. The third kappa shape index (κ3) is 6.54. The summed E-state index contributed by atoms with van der Waals surface area (Å²) in [4.78, 5) is 0. The molecule has 0 heterocycles. The van der Waals surface area contributed by atoms with Gasteiger partial charge in [0.2, 0.25) is 0 Å². The number of ether oxygens (including phenoxy) is 1. The van der Waals surface area contributed by atoms with Gasteiger partial charge in [-0.25, -0.2) is 4.39 Å². The van der Waals surface area contributed by atoms with Gasteiger partial charge in [0.15, 0.2) is 0 Å². The van der Waals surface area contributed by atoms with Gasteiger partial charge in [0, 0.05) is 0 Å². The number of halogens is 4. The van der Waals surface area contributed by atoms with Crippen molar-refractivity contribution < 1.29 is 22.3 Å². The number of rotatable bonds is 7. The average Bonchev–Trinajstić information content (AvgIpc) is 2.33. The van der Waals surface area contributed by atoms with Crippen LogP contribution in [0.15, 0.2) is 24.3 Å². The summed E-state index contributed by atoms with van der Waals surface area (Å²) in [5.74, 6) is -0.380. The van der Waals surface area contributed by atoms with E-state index in [1.807, 2.05) is 6.92 Å². The van der Waals surface area contributed by atoms with E-state index in [2.05, 4.69) is 10.1 Å². The van der Waals surface area contributed by atoms with Gasteiger partial charge in [-0.05, 0) is 30.7 Å². The van der Waals surface area contributed by atoms with Gasteiger partial charge < -0.3 is 10.1 Å². The Morgan fingerprint density at radius 3 is 2.37 bits per heavy atom. The van der Waals surface area contributed by atoms with Crippen LogP contribution >= 0.6 is 0 Å². The first-order chi connectivity index (χ1) is 8.92. The minimum absolute atomic E-state index is 0.106. The molecule has 108 valence electrons. The van der Waals surface area contributed by atoms with Crippen LogP contribution in [0.25, 0.3) is 0 Å². The Balaban J connectivity index is 2.58. The van der Waals surface area contributed by atoms with Crippen LogP contribution in [0.4, 0.5) is 17.6 Å². The van der Waals surface area contributed by atoms with Gasteiger partial charge >= 0.3 is 6.18 Å². The highest BCUT2D eigenvalue weighted by molar-refractivity contribution is 5.20. The second-order valence-electron chi connectivity index (χ2n) is 4.19. The van der Waals surface area contributed by atoms with E-state index in [9.17, 15) is 17.6 Å². The molecular formula is C13H17F4NO. The van der Waals surface area contributed by atoms with Crippen LogP contribution in [-0.2, 0) is 4.74 Å². The second kappa shape index (κ2) is 7.45. The Labute approximate surface area is 109 Å². The summed E-state index contributed by atoms with van der Waals surface area (Å²) in [5.41, 5.74) is 0.706. The van der Waals surface area contributed by atoms with Gasteiger partial charge in [-0.2, -0.15) is 13.2 Å². The predicted molar refractivity (Wildman–Crippen MR) is 64.3 cm³/mol. The summed E-state index contributed by atoms with van der Waals surface area (Å²) in [6, 6.07) is 5.27. The van der Waals surface area contributed by atoms with E-state index < -0.39 is 12.8 Å². The second-order valence-corrected chi connectivity index (χ2v) is 4.19. The number of nitrogens with one attached hydrogen (secondary N) is 1. The third-order valence-corrected chi connectivity index (χ3v) is 2.46. The average molecular weight is 279 g/mol. The molecule has 0 aliphatic heterocycles. The molecule has 19 heavy (non-hydrogen) atoms. The molecule has 0 saturated carbocycles. The van der Waals surface area contributed by atoms with Crippen molar-refractivity contribution in [2.75, 3.05) is 19.8 Å². The molecule has 1 aromatic rings. The van der Waals surface area contributed by atoms with Crippen molar-refractivity contribution in [1.82, 2.24) is 5.32 Å². The van der Waals surface area contributed by atoms with Crippen LogP contribution in [-0.4, -0.2) is 25.9 Å². The highest BCUT2D eigenvalue weighted by atomic mass is 19.4. The molecule has 1 rings (SSSR count). The lowest BCUT2D eigenvalue weighted by Gasteiger charge is -2.19. The Hall–Kier alpha value is -1.14. The predicted octanol–water partition coefficient (Wildman–Crippen LogP) is 3.45. The number of alkyl halides is 3. The fraction of sp³-hybridized carbons (Fsp3) is 0.538. The third-order valence-electron chi connectivity index (χ3n) is 2.46. The lowest BCUT2D eigenvalue weighted by atomic mass is 10.1. The summed E-state index contributed by atoms with van der Waals surface area (Å²) in [6.45, 7) is 1.21. The quantitative estimate of drug-likeness (QED) is 0.772. The van der Waals surface area contributed by atoms with Gasteiger partial charge in [-0.15, -0.1) is 0 Å². The van der Waals surface area contributed by atoms with Crippen molar-refractivity contribution >= 4 is 0 Å². The van der Waals surface area contributed by atoms with Crippen LogP contribution in [0, 0.1) is 5.82 Å². The van der Waals surface area contributed by atoms with Crippen LogP contribution < -0.4 is 5.32 Å². The van der Waals surface area contributed by atoms with Crippen molar-refractivity contribution in [2.24, 2.45) is 0 Å². The Morgan fingerprint density at radius 1 is 1.21 bits per heavy atom. The molecule has 0 aliphatic carbocycles. The fourth-order valence-corrected chi connectivity index (χ4v) is 1.58. The van der Waals surface area contributed by atoms with E-state index in [0.717, 1.165) is 6.42 Å². The molecule has 0 fully saturated rings. The van der Waals surface area contributed by atoms with Crippen LogP contribution in [0.5, 0.6) is 0 Å². The first-order valence-corrected chi connectivity index (χ1v) is 6.05. The molecule has 1 unspecified atom stereocenters. The Bertz CT molecular complexity index is 364. The van der Waals surface area contributed by atoms with Gasteiger partial charge in [0.05, 0.1) is 12.6 Å². The largest absolute Gasteiger partial charge is 0.411 e. The van der Waals surface area contributed by atoms with Gasteiger partial charge in [0.25, 0.3) is 0 Å². The highest BCUT2D eigenvalue weighted by Gasteiger charge is 2.28. The van der Waals surface area contributed by atoms with Crippen molar-refractivity contribution in [3.05, 3.63) is 35.6 Å². The zero-order valence-electron chi connectivity index (χ0n) is 10.6. The maximum absolute atomic E-state index is 12.8. The standard InChI is InChI=1S/C13H17F4NO/c1-2-7-18-12(8-19-9-13(15,16)17)10-3-5-11(14)6-4-10/h3-6,12,18H,2,7-9H2,1H3. The first kappa shape index (κ1) is 15.9. The zero-order chi connectivity index (χ0) is 14.3. The topological polar surface area (TPSA) is 21.3 Å². The maximum atomic E-state index is 12.8. The molecule has 0 aromatic heterocycles. The smallest absolute Gasteiger partial charge is 0.370 e. The highest BCUT2D eigenvalue weighted by Crippen LogP contribution is 2.18. The fourth-order valence-electron chi connectivity index (χ4n) is 1.58. The summed E-state index contributed by atoms with van der Waals surface area (Å²) in [6.07, 6.45) is -3.49. The molecule has 0 saturated heterocycles. The van der Waals surface area contributed by atoms with Gasteiger partial charge in [-0.3, -0.25) is 0 Å². The lowest BCUT2D eigenvalue weighted by molar-refractivity contribution is -0.175. The number of hydrogen-bond donors (Lipinski definition) is 1. The number of hydrogen-bond acceptors (Lipinski definition) is 2. The Kier molecular flexibility index (Phi) is 6.24. The molecule has 6 heteroatoms. The summed E-state index contributed by atoms with van der Waals surface area (Å²) < 4.78 is 53.5.